The Hall–Kier alpha value is -2.66. The first-order valence-electron chi connectivity index (χ1n) is 8.11. The van der Waals surface area contributed by atoms with Gasteiger partial charge < -0.3 is 15.2 Å². The van der Waals surface area contributed by atoms with Crippen molar-refractivity contribution in [1.29, 1.82) is 0 Å². The third-order valence-electron chi connectivity index (χ3n) is 3.65. The second-order valence-electron chi connectivity index (χ2n) is 6.55. The van der Waals surface area contributed by atoms with Crippen molar-refractivity contribution in [3.63, 3.8) is 0 Å². The summed E-state index contributed by atoms with van der Waals surface area (Å²) in [6.45, 7) is 4.58. The van der Waals surface area contributed by atoms with Crippen LogP contribution in [0.3, 0.4) is 0 Å². The Balaban J connectivity index is 1.87. The van der Waals surface area contributed by atoms with E-state index < -0.39 is 11.5 Å². The Morgan fingerprint density at radius 2 is 1.68 bits per heavy atom. The molecule has 5 heteroatoms. The third-order valence-corrected chi connectivity index (χ3v) is 3.65. The first-order valence-corrected chi connectivity index (χ1v) is 8.11. The molecule has 0 aliphatic heterocycles. The summed E-state index contributed by atoms with van der Waals surface area (Å²) in [4.78, 5) is 23.5. The molecule has 0 aliphatic rings. The molecule has 0 aliphatic carbocycles. The summed E-state index contributed by atoms with van der Waals surface area (Å²) in [5.74, 6) is -1.27. The number of benzene rings is 2. The molecule has 2 N–H and O–H groups in total. The van der Waals surface area contributed by atoms with Crippen molar-refractivity contribution >= 4 is 11.9 Å². The van der Waals surface area contributed by atoms with E-state index in [-0.39, 0.29) is 17.9 Å². The fourth-order valence-corrected chi connectivity index (χ4v) is 2.51. The number of carbonyl (C=O) groups excluding carboxylic acids is 1. The Bertz CT molecular complexity index is 725. The Labute approximate surface area is 147 Å². The van der Waals surface area contributed by atoms with Crippen LogP contribution in [-0.4, -0.2) is 29.1 Å². The molecule has 0 atom stereocenters. The van der Waals surface area contributed by atoms with Crippen LogP contribution in [0.2, 0.25) is 0 Å². The molecule has 1 amide bonds. The molecule has 0 aromatic heterocycles. The Morgan fingerprint density at radius 3 is 2.36 bits per heavy atom. The minimum atomic E-state index is -1.03. The molecule has 2 rings (SSSR count). The molecule has 0 heterocycles. The van der Waals surface area contributed by atoms with Gasteiger partial charge in [-0.3, -0.25) is 4.79 Å². The summed E-state index contributed by atoms with van der Waals surface area (Å²) in [5.41, 5.74) is 1.16. The van der Waals surface area contributed by atoms with E-state index in [0.717, 1.165) is 5.56 Å². The summed E-state index contributed by atoms with van der Waals surface area (Å²) in [6.07, 6.45) is 0.0184. The zero-order valence-corrected chi connectivity index (χ0v) is 14.5. The lowest BCUT2D eigenvalue weighted by atomic mass is 10.0. The van der Waals surface area contributed by atoms with Gasteiger partial charge in [0.2, 0.25) is 5.91 Å². The smallest absolute Gasteiger partial charge is 0.335 e. The van der Waals surface area contributed by atoms with Crippen molar-refractivity contribution in [1.82, 2.24) is 5.32 Å². The normalized spacial score (nSPS) is 11.1. The summed E-state index contributed by atoms with van der Waals surface area (Å²) in [5, 5.41) is 12.1. The van der Waals surface area contributed by atoms with Gasteiger partial charge in [0.25, 0.3) is 0 Å². The molecule has 0 spiro atoms. The number of nitrogens with one attached hydrogen (secondary N) is 1. The molecule has 2 aromatic carbocycles. The van der Waals surface area contributed by atoms with Gasteiger partial charge in [-0.25, -0.2) is 4.79 Å². The van der Waals surface area contributed by atoms with Gasteiger partial charge in [0.15, 0.2) is 0 Å². The zero-order chi connectivity index (χ0) is 18.3. The van der Waals surface area contributed by atoms with E-state index in [1.165, 1.54) is 6.07 Å². The van der Waals surface area contributed by atoms with Crippen LogP contribution in [0.25, 0.3) is 0 Å². The van der Waals surface area contributed by atoms with E-state index in [4.69, 9.17) is 4.74 Å². The van der Waals surface area contributed by atoms with E-state index in [9.17, 15) is 14.7 Å². The van der Waals surface area contributed by atoms with Gasteiger partial charge >= 0.3 is 5.97 Å². The van der Waals surface area contributed by atoms with Gasteiger partial charge in [-0.1, -0.05) is 48.5 Å². The molecular weight excluding hydrogens is 318 g/mol. The SMILES string of the molecule is CC(C)(COCc1ccccc1)NC(=O)Cc1ccccc1C(=O)O. The number of hydrogen-bond donors (Lipinski definition) is 2. The second kappa shape index (κ2) is 8.44. The predicted octanol–water partition coefficient (Wildman–Crippen LogP) is 3.04. The van der Waals surface area contributed by atoms with Crippen molar-refractivity contribution in [2.45, 2.75) is 32.4 Å². The molecule has 0 radical (unpaired) electrons. The van der Waals surface area contributed by atoms with Crippen LogP contribution in [0.5, 0.6) is 0 Å². The lowest BCUT2D eigenvalue weighted by Crippen LogP contribution is -2.47. The largest absolute Gasteiger partial charge is 0.478 e. The van der Waals surface area contributed by atoms with Crippen LogP contribution in [0.1, 0.15) is 35.3 Å². The molecule has 25 heavy (non-hydrogen) atoms. The highest BCUT2D eigenvalue weighted by atomic mass is 16.5. The van der Waals surface area contributed by atoms with E-state index in [0.29, 0.717) is 18.8 Å². The van der Waals surface area contributed by atoms with Crippen LogP contribution in [-0.2, 0) is 22.6 Å². The quantitative estimate of drug-likeness (QED) is 0.774. The number of rotatable bonds is 8. The zero-order valence-electron chi connectivity index (χ0n) is 14.5. The van der Waals surface area contributed by atoms with Gasteiger partial charge in [0.1, 0.15) is 0 Å². The number of aromatic carboxylic acids is 1. The number of amides is 1. The van der Waals surface area contributed by atoms with Gasteiger partial charge in [0, 0.05) is 0 Å². The first-order chi connectivity index (χ1) is 11.9. The van der Waals surface area contributed by atoms with Crippen LogP contribution < -0.4 is 5.32 Å². The van der Waals surface area contributed by atoms with Crippen LogP contribution in [0.15, 0.2) is 54.6 Å². The first kappa shape index (κ1) is 18.7. The van der Waals surface area contributed by atoms with Crippen LogP contribution in [0.4, 0.5) is 0 Å². The van der Waals surface area contributed by atoms with Crippen molar-refractivity contribution in [2.24, 2.45) is 0 Å². The highest BCUT2D eigenvalue weighted by Crippen LogP contribution is 2.11. The maximum Gasteiger partial charge on any atom is 0.335 e. The van der Waals surface area contributed by atoms with Crippen LogP contribution >= 0.6 is 0 Å². The topological polar surface area (TPSA) is 75.6 Å². The summed E-state index contributed by atoms with van der Waals surface area (Å²) in [6, 6.07) is 16.3. The maximum atomic E-state index is 12.3. The monoisotopic (exact) mass is 341 g/mol. The standard InChI is InChI=1S/C20H23NO4/c1-20(2,14-25-13-15-8-4-3-5-9-15)21-18(22)12-16-10-6-7-11-17(16)19(23)24/h3-11H,12-14H2,1-2H3,(H,21,22)(H,23,24). The summed E-state index contributed by atoms with van der Waals surface area (Å²) >= 11 is 0. The van der Waals surface area contributed by atoms with E-state index in [2.05, 4.69) is 5.32 Å². The fourth-order valence-electron chi connectivity index (χ4n) is 2.51. The third kappa shape index (κ3) is 6.04. The lowest BCUT2D eigenvalue weighted by Gasteiger charge is -2.26. The minimum absolute atomic E-state index is 0.0184. The van der Waals surface area contributed by atoms with Crippen LogP contribution in [0, 0.1) is 0 Å². The average molecular weight is 341 g/mol. The highest BCUT2D eigenvalue weighted by Gasteiger charge is 2.22. The number of ether oxygens (including phenoxy) is 1. The Kier molecular flexibility index (Phi) is 6.31. The maximum absolute atomic E-state index is 12.3. The molecule has 0 unspecified atom stereocenters. The number of carboxylic acids is 1. The van der Waals surface area contributed by atoms with Crippen molar-refractivity contribution in [2.75, 3.05) is 6.61 Å². The van der Waals surface area contributed by atoms with Gasteiger partial charge in [-0.2, -0.15) is 0 Å². The van der Waals surface area contributed by atoms with Gasteiger partial charge in [-0.05, 0) is 31.0 Å². The molecule has 5 nitrogen and oxygen atoms in total. The number of hydrogen-bond acceptors (Lipinski definition) is 3. The van der Waals surface area contributed by atoms with E-state index in [1.807, 2.05) is 44.2 Å². The van der Waals surface area contributed by atoms with Gasteiger partial charge in [-0.15, -0.1) is 0 Å². The summed E-state index contributed by atoms with van der Waals surface area (Å²) < 4.78 is 5.69. The molecule has 0 saturated heterocycles. The number of carbonyl (C=O) groups is 2. The molecule has 2 aromatic rings. The van der Waals surface area contributed by atoms with Crippen molar-refractivity contribution in [3.8, 4) is 0 Å². The molecule has 132 valence electrons. The molecule has 0 saturated carbocycles. The van der Waals surface area contributed by atoms with Crippen molar-refractivity contribution in [3.05, 3.63) is 71.3 Å². The second-order valence-corrected chi connectivity index (χ2v) is 6.55. The molecular formula is C20H23NO4. The average Bonchev–Trinajstić information content (AvgIpc) is 2.55. The summed E-state index contributed by atoms with van der Waals surface area (Å²) in [7, 11) is 0. The van der Waals surface area contributed by atoms with Gasteiger partial charge in [0.05, 0.1) is 30.7 Å². The fraction of sp³-hybridized carbons (Fsp3) is 0.300. The van der Waals surface area contributed by atoms with E-state index in [1.54, 1.807) is 18.2 Å². The lowest BCUT2D eigenvalue weighted by molar-refractivity contribution is -0.122. The molecule has 0 fully saturated rings. The predicted molar refractivity (Wildman–Crippen MR) is 95.4 cm³/mol. The van der Waals surface area contributed by atoms with E-state index >= 15 is 0 Å². The number of carboxylic acid groups (broad SMARTS) is 1. The van der Waals surface area contributed by atoms with Crippen molar-refractivity contribution < 1.29 is 19.4 Å². The minimum Gasteiger partial charge on any atom is -0.478 e. The Morgan fingerprint density at radius 1 is 1.04 bits per heavy atom. The highest BCUT2D eigenvalue weighted by molar-refractivity contribution is 5.91. The molecule has 0 bridgehead atoms.